The first-order chi connectivity index (χ1) is 7.54. The van der Waals surface area contributed by atoms with E-state index in [9.17, 15) is 4.79 Å². The lowest BCUT2D eigenvalue weighted by atomic mass is 10.2. The molecule has 0 aromatic heterocycles. The molecule has 1 rings (SSSR count). The fourth-order valence-corrected chi connectivity index (χ4v) is 1.52. The van der Waals surface area contributed by atoms with E-state index >= 15 is 0 Å². The number of rotatable bonds is 4. The van der Waals surface area contributed by atoms with E-state index in [0.717, 1.165) is 5.56 Å². The van der Waals surface area contributed by atoms with Crippen LogP contribution in [0.1, 0.15) is 12.0 Å². The van der Waals surface area contributed by atoms with Gasteiger partial charge in [-0.2, -0.15) is 0 Å². The van der Waals surface area contributed by atoms with Crippen molar-refractivity contribution in [2.24, 2.45) is 5.73 Å². The van der Waals surface area contributed by atoms with Crippen molar-refractivity contribution >= 4 is 23.2 Å². The first-order valence-electron chi connectivity index (χ1n) is 4.98. The Morgan fingerprint density at radius 3 is 2.94 bits per heavy atom. The molecule has 1 unspecified atom stereocenters. The number of nitrogens with two attached hydrogens (primary N) is 1. The summed E-state index contributed by atoms with van der Waals surface area (Å²) in [5.41, 5.74) is 7.25. The normalized spacial score (nSPS) is 11.9. The molecule has 1 aromatic carbocycles. The predicted octanol–water partition coefficient (Wildman–Crippen LogP) is 2.49. The van der Waals surface area contributed by atoms with E-state index in [4.69, 9.17) is 17.3 Å². The summed E-state index contributed by atoms with van der Waals surface area (Å²) in [5.74, 6) is -0.259. The smallest absolute Gasteiger partial charge is 0.241 e. The number of carbonyl (C=O) groups is 1. The minimum absolute atomic E-state index is 0.259. The van der Waals surface area contributed by atoms with Gasteiger partial charge < -0.3 is 11.1 Å². The average molecular weight is 239 g/mol. The fraction of sp³-hybridized carbons (Fsp3) is 0.250. The molecule has 0 aliphatic carbocycles. The van der Waals surface area contributed by atoms with E-state index in [0.29, 0.717) is 17.1 Å². The van der Waals surface area contributed by atoms with Gasteiger partial charge in [0.25, 0.3) is 0 Å². The Kier molecular flexibility index (Phi) is 4.52. The second-order valence-corrected chi connectivity index (χ2v) is 4.01. The highest BCUT2D eigenvalue weighted by molar-refractivity contribution is 6.33. The first kappa shape index (κ1) is 12.7. The van der Waals surface area contributed by atoms with E-state index in [2.05, 4.69) is 11.9 Å². The van der Waals surface area contributed by atoms with Gasteiger partial charge in [0.2, 0.25) is 5.91 Å². The molecule has 1 amide bonds. The summed E-state index contributed by atoms with van der Waals surface area (Å²) in [6, 6.07) is 4.84. The van der Waals surface area contributed by atoms with Crippen LogP contribution in [-0.4, -0.2) is 11.9 Å². The Morgan fingerprint density at radius 2 is 2.38 bits per heavy atom. The molecule has 86 valence electrons. The third kappa shape index (κ3) is 3.36. The van der Waals surface area contributed by atoms with Crippen molar-refractivity contribution in [3.05, 3.63) is 41.4 Å². The number of nitrogens with one attached hydrogen (secondary N) is 1. The molecule has 16 heavy (non-hydrogen) atoms. The zero-order valence-corrected chi connectivity index (χ0v) is 9.92. The molecular weight excluding hydrogens is 224 g/mol. The Morgan fingerprint density at radius 1 is 1.69 bits per heavy atom. The van der Waals surface area contributed by atoms with E-state index < -0.39 is 6.04 Å². The van der Waals surface area contributed by atoms with Crippen molar-refractivity contribution in [3.8, 4) is 0 Å². The quantitative estimate of drug-likeness (QED) is 0.792. The minimum Gasteiger partial charge on any atom is -0.323 e. The van der Waals surface area contributed by atoms with Gasteiger partial charge in [0.05, 0.1) is 16.8 Å². The van der Waals surface area contributed by atoms with Crippen LogP contribution in [0.5, 0.6) is 0 Å². The molecule has 0 saturated carbocycles. The molecule has 0 spiro atoms. The van der Waals surface area contributed by atoms with Crippen molar-refractivity contribution in [2.45, 2.75) is 19.4 Å². The molecule has 0 fully saturated rings. The maximum absolute atomic E-state index is 11.6. The fourth-order valence-electron chi connectivity index (χ4n) is 1.23. The maximum atomic E-state index is 11.6. The van der Waals surface area contributed by atoms with Crippen molar-refractivity contribution in [3.63, 3.8) is 0 Å². The Hall–Kier alpha value is -1.32. The standard InChI is InChI=1S/C12H15ClN2O/c1-3-4-10(14)12(16)15-11-6-5-8(2)7-9(11)13/h3,5-7,10H,1,4,14H2,2H3,(H,15,16). The number of hydrogen-bond donors (Lipinski definition) is 2. The number of amides is 1. The SMILES string of the molecule is C=CCC(N)C(=O)Nc1ccc(C)cc1Cl. The lowest BCUT2D eigenvalue weighted by Gasteiger charge is -2.11. The molecular formula is C12H15ClN2O. The van der Waals surface area contributed by atoms with Crippen LogP contribution in [-0.2, 0) is 4.79 Å². The zero-order chi connectivity index (χ0) is 12.1. The number of benzene rings is 1. The Balaban J connectivity index is 2.73. The van der Waals surface area contributed by atoms with Crippen LogP contribution < -0.4 is 11.1 Å². The van der Waals surface area contributed by atoms with Crippen LogP contribution in [0.2, 0.25) is 5.02 Å². The monoisotopic (exact) mass is 238 g/mol. The van der Waals surface area contributed by atoms with Crippen LogP contribution in [0.25, 0.3) is 0 Å². The summed E-state index contributed by atoms with van der Waals surface area (Å²) in [6.07, 6.45) is 2.05. The van der Waals surface area contributed by atoms with Crippen LogP contribution in [0, 0.1) is 6.92 Å². The largest absolute Gasteiger partial charge is 0.323 e. The topological polar surface area (TPSA) is 55.1 Å². The van der Waals surface area contributed by atoms with Crippen LogP contribution in [0.15, 0.2) is 30.9 Å². The first-order valence-corrected chi connectivity index (χ1v) is 5.36. The van der Waals surface area contributed by atoms with Gasteiger partial charge in [-0.15, -0.1) is 6.58 Å². The molecule has 1 aromatic rings. The van der Waals surface area contributed by atoms with E-state index in [1.807, 2.05) is 13.0 Å². The number of halogens is 1. The molecule has 0 saturated heterocycles. The van der Waals surface area contributed by atoms with Crippen molar-refractivity contribution in [2.75, 3.05) is 5.32 Å². The molecule has 3 N–H and O–H groups in total. The molecule has 4 heteroatoms. The number of hydrogen-bond acceptors (Lipinski definition) is 2. The average Bonchev–Trinajstić information content (AvgIpc) is 2.22. The summed E-state index contributed by atoms with van der Waals surface area (Å²) in [7, 11) is 0. The molecule has 0 radical (unpaired) electrons. The van der Waals surface area contributed by atoms with Gasteiger partial charge in [-0.1, -0.05) is 23.7 Å². The number of aryl methyl sites for hydroxylation is 1. The third-order valence-corrected chi connectivity index (χ3v) is 2.45. The molecule has 0 bridgehead atoms. The Labute approximate surface area is 100 Å². The van der Waals surface area contributed by atoms with Gasteiger partial charge in [0, 0.05) is 0 Å². The lowest BCUT2D eigenvalue weighted by Crippen LogP contribution is -2.35. The summed E-state index contributed by atoms with van der Waals surface area (Å²) in [6.45, 7) is 5.46. The Bertz CT molecular complexity index is 404. The molecule has 0 aliphatic rings. The summed E-state index contributed by atoms with van der Waals surface area (Å²) >= 11 is 5.98. The van der Waals surface area contributed by atoms with Crippen molar-refractivity contribution in [1.82, 2.24) is 0 Å². The summed E-state index contributed by atoms with van der Waals surface area (Å²) in [4.78, 5) is 11.6. The third-order valence-electron chi connectivity index (χ3n) is 2.14. The van der Waals surface area contributed by atoms with E-state index in [1.54, 1.807) is 18.2 Å². The van der Waals surface area contributed by atoms with E-state index in [1.165, 1.54) is 0 Å². The molecule has 0 heterocycles. The molecule has 1 atom stereocenters. The number of carbonyl (C=O) groups excluding carboxylic acids is 1. The van der Waals surface area contributed by atoms with Crippen molar-refractivity contribution in [1.29, 1.82) is 0 Å². The van der Waals surface area contributed by atoms with Crippen LogP contribution in [0.3, 0.4) is 0 Å². The lowest BCUT2D eigenvalue weighted by molar-refractivity contribution is -0.117. The highest BCUT2D eigenvalue weighted by atomic mass is 35.5. The van der Waals surface area contributed by atoms with Crippen LogP contribution >= 0.6 is 11.6 Å². The molecule has 3 nitrogen and oxygen atoms in total. The summed E-state index contributed by atoms with van der Waals surface area (Å²) < 4.78 is 0. The second-order valence-electron chi connectivity index (χ2n) is 3.60. The highest BCUT2D eigenvalue weighted by Gasteiger charge is 2.12. The second kappa shape index (κ2) is 5.68. The van der Waals surface area contributed by atoms with Crippen molar-refractivity contribution < 1.29 is 4.79 Å². The van der Waals surface area contributed by atoms with Gasteiger partial charge in [0.15, 0.2) is 0 Å². The highest BCUT2D eigenvalue weighted by Crippen LogP contribution is 2.22. The van der Waals surface area contributed by atoms with Crippen LogP contribution in [0.4, 0.5) is 5.69 Å². The van der Waals surface area contributed by atoms with Gasteiger partial charge in [-0.3, -0.25) is 4.79 Å². The van der Waals surface area contributed by atoms with E-state index in [-0.39, 0.29) is 5.91 Å². The summed E-state index contributed by atoms with van der Waals surface area (Å²) in [5, 5.41) is 3.19. The van der Waals surface area contributed by atoms with Gasteiger partial charge >= 0.3 is 0 Å². The van der Waals surface area contributed by atoms with Gasteiger partial charge in [0.1, 0.15) is 0 Å². The minimum atomic E-state index is -0.588. The van der Waals surface area contributed by atoms with Gasteiger partial charge in [-0.25, -0.2) is 0 Å². The zero-order valence-electron chi connectivity index (χ0n) is 9.16. The molecule has 0 aliphatic heterocycles. The van der Waals surface area contributed by atoms with Gasteiger partial charge in [-0.05, 0) is 31.0 Å². The predicted molar refractivity (Wildman–Crippen MR) is 67.6 cm³/mol. The maximum Gasteiger partial charge on any atom is 0.241 e. The number of anilines is 1.